The highest BCUT2D eigenvalue weighted by Gasteiger charge is 2.52. The number of halogens is 3. The predicted molar refractivity (Wildman–Crippen MR) is 134 cm³/mol. The number of fused-ring (bicyclic) bond motifs is 2. The molecule has 0 aromatic heterocycles. The lowest BCUT2D eigenvalue weighted by Crippen LogP contribution is -2.59. The summed E-state index contributed by atoms with van der Waals surface area (Å²) in [6.07, 6.45) is -3.55. The van der Waals surface area contributed by atoms with E-state index in [4.69, 9.17) is 4.74 Å². The van der Waals surface area contributed by atoms with Crippen LogP contribution in [-0.4, -0.2) is 82.0 Å². The number of nitrogens with zero attached hydrogens (tertiary/aromatic N) is 4. The van der Waals surface area contributed by atoms with Crippen LogP contribution in [-0.2, 0) is 20.5 Å². The fraction of sp³-hybridized carbons (Fsp3) is 0.630. The number of alkyl carbamates (subject to hydrolysis) is 1. The highest BCUT2D eigenvalue weighted by atomic mass is 19.4. The van der Waals surface area contributed by atoms with Crippen molar-refractivity contribution < 1.29 is 32.3 Å². The second kappa shape index (κ2) is 10.7. The summed E-state index contributed by atoms with van der Waals surface area (Å²) >= 11 is 0. The number of carbonyl (C=O) groups excluding carboxylic acids is 3. The van der Waals surface area contributed by atoms with Crippen molar-refractivity contribution in [2.75, 3.05) is 19.6 Å². The zero-order valence-corrected chi connectivity index (χ0v) is 22.5. The number of nitriles is 1. The first kappa shape index (κ1) is 28.7. The molecule has 0 aliphatic carbocycles. The van der Waals surface area contributed by atoms with E-state index in [9.17, 15) is 32.8 Å². The molecular weight excluding hydrogens is 515 g/mol. The van der Waals surface area contributed by atoms with Crippen LogP contribution in [0.25, 0.3) is 0 Å². The Labute approximate surface area is 225 Å². The van der Waals surface area contributed by atoms with E-state index in [0.29, 0.717) is 37.9 Å². The molecule has 3 heterocycles. The molecule has 1 unspecified atom stereocenters. The van der Waals surface area contributed by atoms with Crippen LogP contribution in [0.2, 0.25) is 0 Å². The lowest BCUT2D eigenvalue weighted by Gasteiger charge is -2.39. The van der Waals surface area contributed by atoms with Gasteiger partial charge in [-0.2, -0.15) is 18.4 Å². The van der Waals surface area contributed by atoms with E-state index >= 15 is 0 Å². The molecule has 3 amide bonds. The van der Waals surface area contributed by atoms with Crippen molar-refractivity contribution in [2.24, 2.45) is 0 Å². The van der Waals surface area contributed by atoms with E-state index in [1.54, 1.807) is 38.7 Å². The standard InChI is InChI=1S/C27H34F3N5O4/c1-16(17-7-5-8-18(11-17)27(28,29)30)35-20-12-22(24(35)37)33(14-20)15-21(32-25(38)39-26(2,3)4)23(36)34-10-6-9-19(34)13-31/h5,7-8,11,16,19-22H,6,9-10,12,14-15H2,1-4H3,(H,32,38)/t16-,19+,20?,21+,22+/m1/s1. The molecule has 3 aliphatic rings. The Bertz CT molecular complexity index is 1160. The summed E-state index contributed by atoms with van der Waals surface area (Å²) in [6.45, 7) is 7.67. The molecule has 3 fully saturated rings. The summed E-state index contributed by atoms with van der Waals surface area (Å²) in [5.74, 6) is -0.634. The van der Waals surface area contributed by atoms with Crippen LogP contribution in [0.1, 0.15) is 64.1 Å². The molecule has 0 spiro atoms. The van der Waals surface area contributed by atoms with E-state index in [1.165, 1.54) is 11.0 Å². The molecule has 1 aromatic carbocycles. The first-order valence-electron chi connectivity index (χ1n) is 13.1. The molecule has 0 radical (unpaired) electrons. The monoisotopic (exact) mass is 549 g/mol. The van der Waals surface area contributed by atoms with Gasteiger partial charge in [-0.3, -0.25) is 14.5 Å². The maximum atomic E-state index is 13.5. The number of carbonyl (C=O) groups is 3. The number of nitrogens with one attached hydrogen (secondary N) is 1. The summed E-state index contributed by atoms with van der Waals surface area (Å²) in [7, 11) is 0. The van der Waals surface area contributed by atoms with Gasteiger partial charge in [0.1, 0.15) is 17.7 Å². The van der Waals surface area contributed by atoms with Gasteiger partial charge >= 0.3 is 12.3 Å². The van der Waals surface area contributed by atoms with E-state index in [2.05, 4.69) is 11.4 Å². The highest BCUT2D eigenvalue weighted by molar-refractivity contribution is 5.88. The molecule has 0 saturated carbocycles. The fourth-order valence-electron chi connectivity index (χ4n) is 5.77. The van der Waals surface area contributed by atoms with Gasteiger partial charge in [-0.15, -0.1) is 0 Å². The van der Waals surface area contributed by atoms with Gasteiger partial charge in [-0.05, 0) is 64.7 Å². The minimum atomic E-state index is -4.48. The summed E-state index contributed by atoms with van der Waals surface area (Å²) in [5, 5.41) is 12.1. The Kier molecular flexibility index (Phi) is 7.85. The van der Waals surface area contributed by atoms with Crippen molar-refractivity contribution in [3.8, 4) is 6.07 Å². The second-order valence-electron chi connectivity index (χ2n) is 11.4. The van der Waals surface area contributed by atoms with Crippen LogP contribution in [0, 0.1) is 11.3 Å². The Hall–Kier alpha value is -3.33. The van der Waals surface area contributed by atoms with Crippen molar-refractivity contribution in [1.29, 1.82) is 5.26 Å². The molecule has 5 atom stereocenters. The maximum absolute atomic E-state index is 13.5. The van der Waals surface area contributed by atoms with Gasteiger partial charge in [0.05, 0.1) is 23.7 Å². The van der Waals surface area contributed by atoms with Crippen LogP contribution in [0.4, 0.5) is 18.0 Å². The molecule has 3 aliphatic heterocycles. The van der Waals surface area contributed by atoms with Crippen LogP contribution in [0.3, 0.4) is 0 Å². The number of hydrogen-bond donors (Lipinski definition) is 1. The zero-order valence-electron chi connectivity index (χ0n) is 22.5. The predicted octanol–water partition coefficient (Wildman–Crippen LogP) is 3.46. The lowest BCUT2D eigenvalue weighted by molar-refractivity contribution is -0.141. The van der Waals surface area contributed by atoms with Crippen LogP contribution < -0.4 is 5.32 Å². The van der Waals surface area contributed by atoms with Gasteiger partial charge in [-0.1, -0.05) is 12.1 Å². The SMILES string of the molecule is C[C@H](c1cccc(C(F)(F)F)c1)N1C(=O)[C@@H]2CC1CN2C[C@H](NC(=O)OC(C)(C)C)C(=O)N1CCC[C@H]1C#N. The summed E-state index contributed by atoms with van der Waals surface area (Å²) in [5.41, 5.74) is -1.16. The third-order valence-corrected chi connectivity index (χ3v) is 7.52. The van der Waals surface area contributed by atoms with Gasteiger partial charge in [0.15, 0.2) is 0 Å². The van der Waals surface area contributed by atoms with E-state index < -0.39 is 53.5 Å². The van der Waals surface area contributed by atoms with Crippen molar-refractivity contribution >= 4 is 17.9 Å². The van der Waals surface area contributed by atoms with Crippen molar-refractivity contribution in [1.82, 2.24) is 20.0 Å². The average Bonchev–Trinajstić information content (AvgIpc) is 3.55. The third-order valence-electron chi connectivity index (χ3n) is 7.52. The molecule has 3 saturated heterocycles. The Balaban J connectivity index is 1.49. The number of piperazine rings is 1. The first-order chi connectivity index (χ1) is 18.2. The number of benzene rings is 1. The van der Waals surface area contributed by atoms with E-state index in [1.807, 2.05) is 4.90 Å². The maximum Gasteiger partial charge on any atom is 0.416 e. The number of rotatable bonds is 6. The molecule has 212 valence electrons. The van der Waals surface area contributed by atoms with Crippen molar-refractivity contribution in [2.45, 2.75) is 88.9 Å². The molecule has 39 heavy (non-hydrogen) atoms. The topological polar surface area (TPSA) is 106 Å². The molecule has 1 N–H and O–H groups in total. The number of hydrogen-bond acceptors (Lipinski definition) is 6. The molecular formula is C27H34F3N5O4. The van der Waals surface area contributed by atoms with Gasteiger partial charge in [-0.25, -0.2) is 4.79 Å². The second-order valence-corrected chi connectivity index (χ2v) is 11.4. The van der Waals surface area contributed by atoms with Crippen molar-refractivity contribution in [3.63, 3.8) is 0 Å². The van der Waals surface area contributed by atoms with Crippen LogP contribution in [0.15, 0.2) is 24.3 Å². The summed E-state index contributed by atoms with van der Waals surface area (Å²) in [6, 6.07) is 4.14. The third kappa shape index (κ3) is 6.13. The molecule has 1 aromatic rings. The van der Waals surface area contributed by atoms with Gasteiger partial charge < -0.3 is 19.9 Å². The minimum absolute atomic E-state index is 0.0470. The minimum Gasteiger partial charge on any atom is -0.444 e. The van der Waals surface area contributed by atoms with Gasteiger partial charge in [0.25, 0.3) is 0 Å². The number of likely N-dealkylation sites (tertiary alicyclic amines) is 3. The summed E-state index contributed by atoms with van der Waals surface area (Å²) < 4.78 is 45.1. The van der Waals surface area contributed by atoms with Crippen LogP contribution >= 0.6 is 0 Å². The Morgan fingerprint density at radius 2 is 1.97 bits per heavy atom. The number of amides is 3. The normalized spacial score (nSPS) is 25.0. The number of ether oxygens (including phenoxy) is 1. The quantitative estimate of drug-likeness (QED) is 0.583. The van der Waals surface area contributed by atoms with E-state index in [0.717, 1.165) is 12.1 Å². The number of alkyl halides is 3. The summed E-state index contributed by atoms with van der Waals surface area (Å²) in [4.78, 5) is 44.4. The highest BCUT2D eigenvalue weighted by Crippen LogP contribution is 2.39. The van der Waals surface area contributed by atoms with Gasteiger partial charge in [0.2, 0.25) is 11.8 Å². The molecule has 12 heteroatoms. The smallest absolute Gasteiger partial charge is 0.416 e. The van der Waals surface area contributed by atoms with Gasteiger partial charge in [0, 0.05) is 25.7 Å². The molecule has 9 nitrogen and oxygen atoms in total. The average molecular weight is 550 g/mol. The molecule has 4 rings (SSSR count). The largest absolute Gasteiger partial charge is 0.444 e. The Morgan fingerprint density at radius 1 is 1.26 bits per heavy atom. The van der Waals surface area contributed by atoms with Crippen LogP contribution in [0.5, 0.6) is 0 Å². The van der Waals surface area contributed by atoms with E-state index in [-0.39, 0.29) is 18.5 Å². The zero-order chi connectivity index (χ0) is 28.7. The van der Waals surface area contributed by atoms with Crippen molar-refractivity contribution in [3.05, 3.63) is 35.4 Å². The lowest BCUT2D eigenvalue weighted by atomic mass is 10.0. The Morgan fingerprint density at radius 3 is 2.59 bits per heavy atom. The molecule has 2 bridgehead atoms. The first-order valence-corrected chi connectivity index (χ1v) is 13.1. The fourth-order valence-corrected chi connectivity index (χ4v) is 5.77.